The van der Waals surface area contributed by atoms with Gasteiger partial charge in [-0.25, -0.2) is 0 Å². The second kappa shape index (κ2) is 3.44. The van der Waals surface area contributed by atoms with Crippen LogP contribution < -0.4 is 0 Å². The van der Waals surface area contributed by atoms with Gasteiger partial charge in [-0.1, -0.05) is 26.1 Å². The standard InChI is InChI=1S/C5H10S2/c1-4(2)7-5(3)6/h4H,1-3H3. The Balaban J connectivity index is 3.13. The third-order valence-corrected chi connectivity index (χ3v) is 1.49. The average Bonchev–Trinajstić information content (AvgIpc) is 1.27. The molecule has 0 aliphatic carbocycles. The van der Waals surface area contributed by atoms with E-state index in [1.165, 1.54) is 0 Å². The molecule has 0 saturated heterocycles. The maximum Gasteiger partial charge on any atom is 0.0449 e. The molecule has 0 aromatic heterocycles. The van der Waals surface area contributed by atoms with Crippen molar-refractivity contribution in [2.45, 2.75) is 26.0 Å². The summed E-state index contributed by atoms with van der Waals surface area (Å²) in [5.74, 6) is 0. The Bertz CT molecular complexity index is 66.5. The van der Waals surface area contributed by atoms with Gasteiger partial charge in [0.05, 0.1) is 0 Å². The first-order valence-electron chi connectivity index (χ1n) is 2.30. The molecule has 0 aromatic rings. The first-order chi connectivity index (χ1) is 3.13. The van der Waals surface area contributed by atoms with Gasteiger partial charge < -0.3 is 0 Å². The SMILES string of the molecule is CC(=S)SC(C)C. The molecule has 0 spiro atoms. The van der Waals surface area contributed by atoms with Crippen molar-refractivity contribution in [1.29, 1.82) is 0 Å². The molecule has 0 unspecified atom stereocenters. The highest BCUT2D eigenvalue weighted by atomic mass is 32.2. The summed E-state index contributed by atoms with van der Waals surface area (Å²) in [5, 5.41) is 0.650. The Morgan fingerprint density at radius 3 is 2.00 bits per heavy atom. The maximum absolute atomic E-state index is 4.83. The van der Waals surface area contributed by atoms with Crippen molar-refractivity contribution in [3.05, 3.63) is 0 Å². The molecule has 0 rings (SSSR count). The number of hydrogen-bond acceptors (Lipinski definition) is 2. The van der Waals surface area contributed by atoms with Crippen LogP contribution in [0.5, 0.6) is 0 Å². The largest absolute Gasteiger partial charge is 0.116 e. The Morgan fingerprint density at radius 1 is 1.57 bits per heavy atom. The van der Waals surface area contributed by atoms with Gasteiger partial charge in [0.2, 0.25) is 0 Å². The van der Waals surface area contributed by atoms with Gasteiger partial charge in [-0.05, 0) is 6.92 Å². The Morgan fingerprint density at radius 2 is 2.00 bits per heavy atom. The summed E-state index contributed by atoms with van der Waals surface area (Å²) in [4.78, 5) is 0. The zero-order valence-corrected chi connectivity index (χ0v) is 6.53. The first kappa shape index (κ1) is 7.44. The normalized spacial score (nSPS) is 9.71. The lowest BCUT2D eigenvalue weighted by Crippen LogP contribution is -1.88. The third-order valence-electron chi connectivity index (χ3n) is 0.402. The smallest absolute Gasteiger partial charge is 0.0449 e. The number of rotatable bonds is 1. The van der Waals surface area contributed by atoms with Crippen molar-refractivity contribution in [3.8, 4) is 0 Å². The van der Waals surface area contributed by atoms with Crippen molar-refractivity contribution in [3.63, 3.8) is 0 Å². The molecule has 0 bridgehead atoms. The first-order valence-corrected chi connectivity index (χ1v) is 3.59. The third kappa shape index (κ3) is 6.44. The summed E-state index contributed by atoms with van der Waals surface area (Å²) in [6.07, 6.45) is 0. The van der Waals surface area contributed by atoms with Gasteiger partial charge in [0.1, 0.15) is 0 Å². The van der Waals surface area contributed by atoms with Crippen LogP contribution in [-0.2, 0) is 0 Å². The van der Waals surface area contributed by atoms with Gasteiger partial charge in [0.15, 0.2) is 0 Å². The van der Waals surface area contributed by atoms with Crippen LogP contribution in [0.3, 0.4) is 0 Å². The van der Waals surface area contributed by atoms with E-state index in [0.717, 1.165) is 4.20 Å². The van der Waals surface area contributed by atoms with Crippen molar-refractivity contribution >= 4 is 28.2 Å². The van der Waals surface area contributed by atoms with E-state index in [1.807, 2.05) is 6.92 Å². The van der Waals surface area contributed by atoms with E-state index in [-0.39, 0.29) is 0 Å². The zero-order valence-electron chi connectivity index (χ0n) is 4.89. The monoisotopic (exact) mass is 134 g/mol. The Hall–Kier alpha value is 0.440. The molecular weight excluding hydrogens is 124 g/mol. The van der Waals surface area contributed by atoms with E-state index in [0.29, 0.717) is 5.25 Å². The second-order valence-corrected chi connectivity index (χ2v) is 4.32. The van der Waals surface area contributed by atoms with Crippen molar-refractivity contribution in [1.82, 2.24) is 0 Å². The molecule has 0 nitrogen and oxygen atoms in total. The van der Waals surface area contributed by atoms with E-state index in [2.05, 4.69) is 13.8 Å². The molecule has 42 valence electrons. The lowest BCUT2D eigenvalue weighted by molar-refractivity contribution is 1.12. The summed E-state index contributed by atoms with van der Waals surface area (Å²) >= 11 is 6.58. The minimum atomic E-state index is 0.650. The molecule has 0 amide bonds. The highest BCUT2D eigenvalue weighted by molar-refractivity contribution is 8.23. The van der Waals surface area contributed by atoms with Gasteiger partial charge in [0.25, 0.3) is 0 Å². The predicted octanol–water partition coefficient (Wildman–Crippen LogP) is 2.48. The summed E-state index contributed by atoms with van der Waals surface area (Å²) < 4.78 is 1.04. The van der Waals surface area contributed by atoms with Gasteiger partial charge in [-0.2, -0.15) is 0 Å². The number of thiocarbonyl (C=S) groups is 1. The molecule has 0 aromatic carbocycles. The fraction of sp³-hybridized carbons (Fsp3) is 0.800. The number of thioether (sulfide) groups is 1. The van der Waals surface area contributed by atoms with E-state index in [1.54, 1.807) is 11.8 Å². The van der Waals surface area contributed by atoms with Crippen LogP contribution in [0.1, 0.15) is 20.8 Å². The van der Waals surface area contributed by atoms with Crippen molar-refractivity contribution < 1.29 is 0 Å². The summed E-state index contributed by atoms with van der Waals surface area (Å²) in [5.41, 5.74) is 0. The lowest BCUT2D eigenvalue weighted by Gasteiger charge is -1.98. The zero-order chi connectivity index (χ0) is 5.86. The maximum atomic E-state index is 4.83. The molecule has 0 aliphatic heterocycles. The minimum Gasteiger partial charge on any atom is -0.116 e. The van der Waals surface area contributed by atoms with E-state index in [9.17, 15) is 0 Å². The van der Waals surface area contributed by atoms with Crippen LogP contribution in [0.2, 0.25) is 0 Å². The predicted molar refractivity (Wildman–Crippen MR) is 41.0 cm³/mol. The van der Waals surface area contributed by atoms with Crippen LogP contribution in [0.4, 0.5) is 0 Å². The molecule has 0 saturated carbocycles. The van der Waals surface area contributed by atoms with Crippen LogP contribution in [0, 0.1) is 0 Å². The topological polar surface area (TPSA) is 0 Å². The summed E-state index contributed by atoms with van der Waals surface area (Å²) in [7, 11) is 0. The van der Waals surface area contributed by atoms with Crippen molar-refractivity contribution in [2.75, 3.05) is 0 Å². The minimum absolute atomic E-state index is 0.650. The van der Waals surface area contributed by atoms with Crippen LogP contribution in [0.15, 0.2) is 0 Å². The van der Waals surface area contributed by atoms with E-state index < -0.39 is 0 Å². The molecule has 0 fully saturated rings. The van der Waals surface area contributed by atoms with Crippen LogP contribution in [-0.4, -0.2) is 9.45 Å². The van der Waals surface area contributed by atoms with Crippen LogP contribution in [0.25, 0.3) is 0 Å². The van der Waals surface area contributed by atoms with E-state index >= 15 is 0 Å². The fourth-order valence-corrected chi connectivity index (χ4v) is 1.57. The molecular formula is C5H10S2. The number of hydrogen-bond donors (Lipinski definition) is 0. The highest BCUT2D eigenvalue weighted by Crippen LogP contribution is 2.10. The van der Waals surface area contributed by atoms with E-state index in [4.69, 9.17) is 12.2 Å². The fourth-order valence-electron chi connectivity index (χ4n) is 0.332. The van der Waals surface area contributed by atoms with Crippen LogP contribution >= 0.6 is 24.0 Å². The van der Waals surface area contributed by atoms with Crippen molar-refractivity contribution in [2.24, 2.45) is 0 Å². The molecule has 7 heavy (non-hydrogen) atoms. The highest BCUT2D eigenvalue weighted by Gasteiger charge is 1.92. The molecule has 2 heteroatoms. The Kier molecular flexibility index (Phi) is 3.66. The Labute approximate surface area is 54.7 Å². The summed E-state index contributed by atoms with van der Waals surface area (Å²) in [6.45, 7) is 6.24. The summed E-state index contributed by atoms with van der Waals surface area (Å²) in [6, 6.07) is 0. The molecule has 0 N–H and O–H groups in total. The second-order valence-electron chi connectivity index (χ2n) is 1.66. The average molecular weight is 134 g/mol. The lowest BCUT2D eigenvalue weighted by atomic mass is 10.6. The quantitative estimate of drug-likeness (QED) is 0.505. The molecule has 0 heterocycles. The molecule has 0 radical (unpaired) electrons. The molecule has 0 aliphatic rings. The molecule has 0 atom stereocenters. The van der Waals surface area contributed by atoms with Gasteiger partial charge in [-0.15, -0.1) is 11.8 Å². The van der Waals surface area contributed by atoms with Gasteiger partial charge >= 0.3 is 0 Å². The van der Waals surface area contributed by atoms with Gasteiger partial charge in [0, 0.05) is 9.45 Å². The van der Waals surface area contributed by atoms with Gasteiger partial charge in [-0.3, -0.25) is 0 Å².